The van der Waals surface area contributed by atoms with Gasteiger partial charge in [0, 0.05) is 25.0 Å². The van der Waals surface area contributed by atoms with E-state index in [1.54, 1.807) is 0 Å². The van der Waals surface area contributed by atoms with Crippen LogP contribution < -0.4 is 5.32 Å². The van der Waals surface area contributed by atoms with Crippen molar-refractivity contribution in [3.63, 3.8) is 0 Å². The minimum Gasteiger partial charge on any atom is -0.308 e. The van der Waals surface area contributed by atoms with E-state index >= 15 is 0 Å². The Morgan fingerprint density at radius 1 is 1.50 bits per heavy atom. The highest BCUT2D eigenvalue weighted by atomic mass is 35.5. The average molecular weight is 262 g/mol. The number of hydrogen-bond donors (Lipinski definition) is 1. The Labute approximate surface area is 106 Å². The van der Waals surface area contributed by atoms with Crippen LogP contribution in [0, 0.1) is 0 Å². The van der Waals surface area contributed by atoms with Crippen LogP contribution in [0.4, 0.5) is 0 Å². The van der Waals surface area contributed by atoms with E-state index < -0.39 is 0 Å². The van der Waals surface area contributed by atoms with Crippen LogP contribution in [-0.2, 0) is 20.0 Å². The first-order valence-electron chi connectivity index (χ1n) is 5.69. The Balaban J connectivity index is 1.96. The summed E-state index contributed by atoms with van der Waals surface area (Å²) in [4.78, 5) is 0. The number of nitrogens with zero attached hydrogens (tertiary/aromatic N) is 2. The maximum Gasteiger partial charge on any atom is 0.0863 e. The molecule has 3 nitrogen and oxygen atoms in total. The second-order valence-corrected chi connectivity index (χ2v) is 5.33. The number of nitrogens with one attached hydrogen (secondary N) is 1. The number of halogens is 2. The summed E-state index contributed by atoms with van der Waals surface area (Å²) in [7, 11) is 1.94. The summed E-state index contributed by atoms with van der Waals surface area (Å²) in [5.74, 6) is 0. The highest BCUT2D eigenvalue weighted by molar-refractivity contribution is 6.31. The number of alkyl halides is 1. The summed E-state index contributed by atoms with van der Waals surface area (Å²) >= 11 is 12.2. The fraction of sp³-hybridized carbons (Fsp3) is 0.727. The fourth-order valence-electron chi connectivity index (χ4n) is 1.97. The first kappa shape index (κ1) is 12.2. The van der Waals surface area contributed by atoms with E-state index in [9.17, 15) is 0 Å². The van der Waals surface area contributed by atoms with Crippen molar-refractivity contribution in [3.8, 4) is 0 Å². The molecule has 1 N–H and O–H groups in total. The third-order valence-corrected chi connectivity index (χ3v) is 3.93. The molecular weight excluding hydrogens is 245 g/mol. The van der Waals surface area contributed by atoms with Gasteiger partial charge in [-0.05, 0) is 19.3 Å². The van der Waals surface area contributed by atoms with Crippen LogP contribution >= 0.6 is 23.2 Å². The minimum absolute atomic E-state index is 0.353. The zero-order valence-corrected chi connectivity index (χ0v) is 11.1. The fourth-order valence-corrected chi connectivity index (χ4v) is 2.76. The Kier molecular flexibility index (Phi) is 3.77. The molecule has 0 atom stereocenters. The number of hydrogen-bond acceptors (Lipinski definition) is 2. The van der Waals surface area contributed by atoms with Gasteiger partial charge in [-0.25, -0.2) is 0 Å². The smallest absolute Gasteiger partial charge is 0.0863 e. The predicted octanol–water partition coefficient (Wildman–Crippen LogP) is 2.50. The molecule has 1 saturated carbocycles. The van der Waals surface area contributed by atoms with Gasteiger partial charge in [-0.3, -0.25) is 4.68 Å². The van der Waals surface area contributed by atoms with Gasteiger partial charge < -0.3 is 5.32 Å². The molecule has 2 rings (SSSR count). The standard InChI is InChI=1S/C11H17Cl2N3/c1-3-9-11(13)10(16(2)15-9)6-14-8-4-7(12)5-8/h7-8,14H,3-6H2,1-2H3. The van der Waals surface area contributed by atoms with Crippen LogP contribution in [0.25, 0.3) is 0 Å². The molecule has 1 heterocycles. The van der Waals surface area contributed by atoms with Gasteiger partial charge in [0.2, 0.25) is 0 Å². The van der Waals surface area contributed by atoms with Gasteiger partial charge in [-0.1, -0.05) is 18.5 Å². The van der Waals surface area contributed by atoms with Crippen LogP contribution in [0.15, 0.2) is 0 Å². The quantitative estimate of drug-likeness (QED) is 0.845. The van der Waals surface area contributed by atoms with Crippen LogP contribution in [0.3, 0.4) is 0 Å². The third-order valence-electron chi connectivity index (χ3n) is 3.14. The van der Waals surface area contributed by atoms with E-state index in [1.807, 2.05) is 11.7 Å². The zero-order chi connectivity index (χ0) is 11.7. The van der Waals surface area contributed by atoms with Gasteiger partial charge in [0.15, 0.2) is 0 Å². The molecule has 0 radical (unpaired) electrons. The lowest BCUT2D eigenvalue weighted by molar-refractivity contribution is 0.341. The van der Waals surface area contributed by atoms with Crippen LogP contribution in [0.1, 0.15) is 31.2 Å². The number of rotatable bonds is 4. The van der Waals surface area contributed by atoms with Gasteiger partial charge in [-0.15, -0.1) is 11.6 Å². The molecule has 0 spiro atoms. The van der Waals surface area contributed by atoms with E-state index in [0.717, 1.165) is 42.2 Å². The molecule has 16 heavy (non-hydrogen) atoms. The highest BCUT2D eigenvalue weighted by Crippen LogP contribution is 2.26. The number of aromatic nitrogens is 2. The van der Waals surface area contributed by atoms with E-state index in [1.165, 1.54) is 0 Å². The molecule has 0 aliphatic heterocycles. The first-order chi connectivity index (χ1) is 7.61. The summed E-state index contributed by atoms with van der Waals surface area (Å²) < 4.78 is 1.87. The molecule has 90 valence electrons. The van der Waals surface area contributed by atoms with Crippen molar-refractivity contribution in [1.29, 1.82) is 0 Å². The van der Waals surface area contributed by atoms with Crippen LogP contribution in [0.5, 0.6) is 0 Å². The van der Waals surface area contributed by atoms with Crippen molar-refractivity contribution in [2.24, 2.45) is 7.05 Å². The van der Waals surface area contributed by atoms with Crippen molar-refractivity contribution >= 4 is 23.2 Å². The van der Waals surface area contributed by atoms with Crippen molar-refractivity contribution in [2.75, 3.05) is 0 Å². The molecule has 0 unspecified atom stereocenters. The molecule has 1 aromatic heterocycles. The highest BCUT2D eigenvalue weighted by Gasteiger charge is 2.27. The van der Waals surface area contributed by atoms with E-state index in [-0.39, 0.29) is 0 Å². The predicted molar refractivity (Wildman–Crippen MR) is 67.1 cm³/mol. The summed E-state index contributed by atoms with van der Waals surface area (Å²) in [6.07, 6.45) is 2.98. The SMILES string of the molecule is CCc1nn(C)c(CNC2CC(Cl)C2)c1Cl. The van der Waals surface area contributed by atoms with Gasteiger partial charge in [0.05, 0.1) is 16.4 Å². The van der Waals surface area contributed by atoms with E-state index in [2.05, 4.69) is 17.3 Å². The van der Waals surface area contributed by atoms with Gasteiger partial charge in [-0.2, -0.15) is 5.10 Å². The van der Waals surface area contributed by atoms with Crippen molar-refractivity contribution in [3.05, 3.63) is 16.4 Å². The maximum absolute atomic E-state index is 6.25. The molecule has 0 bridgehead atoms. The van der Waals surface area contributed by atoms with Crippen LogP contribution in [-0.4, -0.2) is 21.2 Å². The zero-order valence-electron chi connectivity index (χ0n) is 9.63. The van der Waals surface area contributed by atoms with Crippen molar-refractivity contribution < 1.29 is 0 Å². The normalized spacial score (nSPS) is 24.5. The van der Waals surface area contributed by atoms with Gasteiger partial charge in [0.25, 0.3) is 0 Å². The molecule has 1 aliphatic rings. The summed E-state index contributed by atoms with van der Waals surface area (Å²) in [5.41, 5.74) is 2.04. The van der Waals surface area contributed by atoms with Gasteiger partial charge in [0.1, 0.15) is 0 Å². The number of aryl methyl sites for hydroxylation is 2. The monoisotopic (exact) mass is 261 g/mol. The largest absolute Gasteiger partial charge is 0.308 e. The Hall–Kier alpha value is -0.250. The van der Waals surface area contributed by atoms with Crippen LogP contribution in [0.2, 0.25) is 5.02 Å². The Morgan fingerprint density at radius 2 is 2.19 bits per heavy atom. The van der Waals surface area contributed by atoms with E-state index in [0.29, 0.717) is 11.4 Å². The molecular formula is C11H17Cl2N3. The molecule has 0 aromatic carbocycles. The Bertz CT molecular complexity index is 370. The lowest BCUT2D eigenvalue weighted by Crippen LogP contribution is -2.41. The lowest BCUT2D eigenvalue weighted by Gasteiger charge is -2.31. The molecule has 5 heteroatoms. The molecule has 1 fully saturated rings. The second-order valence-electron chi connectivity index (χ2n) is 4.33. The van der Waals surface area contributed by atoms with Crippen molar-refractivity contribution in [2.45, 2.75) is 44.1 Å². The van der Waals surface area contributed by atoms with Gasteiger partial charge >= 0.3 is 0 Å². The third kappa shape index (κ3) is 2.36. The second kappa shape index (κ2) is 4.94. The summed E-state index contributed by atoms with van der Waals surface area (Å²) in [5, 5.41) is 9.00. The molecule has 0 amide bonds. The average Bonchev–Trinajstić information content (AvgIpc) is 2.48. The molecule has 1 aromatic rings. The first-order valence-corrected chi connectivity index (χ1v) is 6.51. The summed E-state index contributed by atoms with van der Waals surface area (Å²) in [6.45, 7) is 2.84. The Morgan fingerprint density at radius 3 is 2.69 bits per heavy atom. The van der Waals surface area contributed by atoms with Crippen molar-refractivity contribution in [1.82, 2.24) is 15.1 Å². The summed E-state index contributed by atoms with van der Waals surface area (Å²) in [6, 6.07) is 0.540. The molecule has 0 saturated heterocycles. The minimum atomic E-state index is 0.353. The van der Waals surface area contributed by atoms with E-state index in [4.69, 9.17) is 23.2 Å². The maximum atomic E-state index is 6.25. The topological polar surface area (TPSA) is 29.9 Å². The lowest BCUT2D eigenvalue weighted by atomic mass is 9.92. The molecule has 1 aliphatic carbocycles.